The quantitative estimate of drug-likeness (QED) is 0.494. The van der Waals surface area contributed by atoms with E-state index in [1.165, 1.54) is 0 Å². The van der Waals surface area contributed by atoms with E-state index < -0.39 is 0 Å². The van der Waals surface area contributed by atoms with Crippen LogP contribution in [0.25, 0.3) is 0 Å². The van der Waals surface area contributed by atoms with Gasteiger partial charge in [0.25, 0.3) is 0 Å². The van der Waals surface area contributed by atoms with E-state index in [9.17, 15) is 0 Å². The molecule has 0 N–H and O–H groups in total. The molecule has 1 fully saturated rings. The second-order valence-corrected chi connectivity index (χ2v) is 4.42. The zero-order valence-corrected chi connectivity index (χ0v) is 10.9. The summed E-state index contributed by atoms with van der Waals surface area (Å²) in [5.41, 5.74) is 0. The van der Waals surface area contributed by atoms with Crippen molar-refractivity contribution in [3.8, 4) is 0 Å². The van der Waals surface area contributed by atoms with Crippen LogP contribution in [0, 0.1) is 0 Å². The van der Waals surface area contributed by atoms with Crippen LogP contribution in [0.5, 0.6) is 0 Å². The van der Waals surface area contributed by atoms with Gasteiger partial charge in [0.1, 0.15) is 0 Å². The van der Waals surface area contributed by atoms with Crippen molar-refractivity contribution >= 4 is 5.96 Å². The summed E-state index contributed by atoms with van der Waals surface area (Å²) in [5.74, 6) is 1.02. The molecule has 1 rings (SSSR count). The number of hydrogen-bond acceptors (Lipinski definition) is 3. The monoisotopic (exact) mass is 228 g/mol. The minimum Gasteiger partial charge on any atom is -0.379 e. The lowest BCUT2D eigenvalue weighted by molar-refractivity contribution is 0.0394. The van der Waals surface area contributed by atoms with Crippen molar-refractivity contribution in [2.24, 2.45) is 4.99 Å². The minimum absolute atomic E-state index is 0.853. The predicted molar refractivity (Wildman–Crippen MR) is 66.9 cm³/mol. The first kappa shape index (κ1) is 13.3. The zero-order chi connectivity index (χ0) is 12.0. The van der Waals surface area contributed by atoms with Crippen LogP contribution in [0.1, 0.15) is 0 Å². The maximum absolute atomic E-state index is 5.31. The first-order chi connectivity index (χ1) is 7.61. The molecule has 0 aromatic heterocycles. The van der Waals surface area contributed by atoms with Gasteiger partial charge in [0.05, 0.1) is 19.8 Å². The van der Waals surface area contributed by atoms with Crippen LogP contribution in [0.15, 0.2) is 4.99 Å². The second kappa shape index (κ2) is 6.70. The van der Waals surface area contributed by atoms with Crippen LogP contribution in [-0.2, 0) is 4.74 Å². The smallest absolute Gasteiger partial charge is 0.195 e. The van der Waals surface area contributed by atoms with Gasteiger partial charge >= 0.3 is 0 Å². The number of guanidine groups is 1. The van der Waals surface area contributed by atoms with Crippen LogP contribution in [0.2, 0.25) is 0 Å². The Morgan fingerprint density at radius 2 is 1.69 bits per heavy atom. The van der Waals surface area contributed by atoms with Crippen LogP contribution >= 0.6 is 0 Å². The van der Waals surface area contributed by atoms with E-state index in [0.717, 1.165) is 45.4 Å². The van der Waals surface area contributed by atoms with Gasteiger partial charge in [-0.1, -0.05) is 0 Å². The summed E-state index contributed by atoms with van der Waals surface area (Å²) in [5, 5.41) is 0. The lowest BCUT2D eigenvalue weighted by Crippen LogP contribution is -2.39. The summed E-state index contributed by atoms with van der Waals surface area (Å²) < 4.78 is 5.31. The maximum Gasteiger partial charge on any atom is 0.195 e. The Morgan fingerprint density at radius 1 is 1.12 bits per heavy atom. The molecular weight excluding hydrogens is 204 g/mol. The molecule has 0 amide bonds. The molecule has 0 saturated carbocycles. The van der Waals surface area contributed by atoms with E-state index in [4.69, 9.17) is 4.74 Å². The Morgan fingerprint density at radius 3 is 2.19 bits per heavy atom. The van der Waals surface area contributed by atoms with Gasteiger partial charge in [-0.25, -0.2) is 0 Å². The van der Waals surface area contributed by atoms with Gasteiger partial charge in [0.15, 0.2) is 5.96 Å². The van der Waals surface area contributed by atoms with Gasteiger partial charge in [-0.3, -0.25) is 9.89 Å². The Balaban J connectivity index is 2.32. The minimum atomic E-state index is 0.853. The van der Waals surface area contributed by atoms with Crippen molar-refractivity contribution in [1.29, 1.82) is 0 Å². The summed E-state index contributed by atoms with van der Waals surface area (Å²) in [6.07, 6.45) is 0. The zero-order valence-electron chi connectivity index (χ0n) is 10.9. The van der Waals surface area contributed by atoms with Crippen molar-refractivity contribution in [1.82, 2.24) is 14.7 Å². The molecule has 0 aromatic carbocycles. The molecule has 1 aliphatic rings. The average Bonchev–Trinajstić information content (AvgIpc) is 2.24. The molecular formula is C11H24N4O. The van der Waals surface area contributed by atoms with E-state index in [-0.39, 0.29) is 0 Å². The topological polar surface area (TPSA) is 31.3 Å². The molecule has 0 radical (unpaired) electrons. The van der Waals surface area contributed by atoms with Crippen molar-refractivity contribution in [3.05, 3.63) is 0 Å². The number of hydrogen-bond donors (Lipinski definition) is 0. The molecule has 1 aliphatic heterocycles. The molecule has 0 spiro atoms. The van der Waals surface area contributed by atoms with E-state index in [1.807, 2.05) is 38.0 Å². The van der Waals surface area contributed by atoms with Crippen LogP contribution in [0.3, 0.4) is 0 Å². The van der Waals surface area contributed by atoms with Crippen molar-refractivity contribution < 1.29 is 4.74 Å². The van der Waals surface area contributed by atoms with Gasteiger partial charge < -0.3 is 14.5 Å². The Labute approximate surface area is 98.7 Å². The Bertz CT molecular complexity index is 212. The molecule has 16 heavy (non-hydrogen) atoms. The van der Waals surface area contributed by atoms with E-state index in [1.54, 1.807) is 0 Å². The normalized spacial score (nSPS) is 17.0. The third-order valence-electron chi connectivity index (χ3n) is 2.57. The largest absolute Gasteiger partial charge is 0.379 e. The fourth-order valence-electron chi connectivity index (χ4n) is 1.80. The van der Waals surface area contributed by atoms with Crippen LogP contribution in [-0.4, -0.2) is 88.2 Å². The summed E-state index contributed by atoms with van der Waals surface area (Å²) in [6.45, 7) is 5.67. The Kier molecular flexibility index (Phi) is 5.55. The number of rotatable bonds is 3. The fraction of sp³-hybridized carbons (Fsp3) is 0.909. The predicted octanol–water partition coefficient (Wildman–Crippen LogP) is -0.202. The molecule has 5 heteroatoms. The third-order valence-corrected chi connectivity index (χ3v) is 2.57. The molecule has 0 aliphatic carbocycles. The molecule has 0 aromatic rings. The van der Waals surface area contributed by atoms with Gasteiger partial charge in [-0.15, -0.1) is 0 Å². The standard InChI is InChI=1S/C11H24N4O/c1-13(2)11(14(3)4)12-5-6-15-7-9-16-10-8-15/h5-10H2,1-4H3. The van der Waals surface area contributed by atoms with Crippen molar-refractivity contribution in [2.75, 3.05) is 67.6 Å². The van der Waals surface area contributed by atoms with E-state index in [0.29, 0.717) is 0 Å². The average molecular weight is 228 g/mol. The SMILES string of the molecule is CN(C)C(=NCCN1CCOCC1)N(C)C. The Hall–Kier alpha value is -0.810. The molecule has 5 nitrogen and oxygen atoms in total. The van der Waals surface area contributed by atoms with Crippen molar-refractivity contribution in [3.63, 3.8) is 0 Å². The second-order valence-electron chi connectivity index (χ2n) is 4.42. The number of aliphatic imine (C=N–C) groups is 1. The maximum atomic E-state index is 5.31. The number of nitrogens with zero attached hydrogens (tertiary/aromatic N) is 4. The molecule has 1 heterocycles. The lowest BCUT2D eigenvalue weighted by atomic mass is 10.4. The number of morpholine rings is 1. The molecule has 0 atom stereocenters. The van der Waals surface area contributed by atoms with Gasteiger partial charge in [-0.05, 0) is 0 Å². The van der Waals surface area contributed by atoms with E-state index in [2.05, 4.69) is 9.89 Å². The van der Waals surface area contributed by atoms with Crippen molar-refractivity contribution in [2.45, 2.75) is 0 Å². The summed E-state index contributed by atoms with van der Waals surface area (Å²) in [6, 6.07) is 0. The highest BCUT2D eigenvalue weighted by atomic mass is 16.5. The van der Waals surface area contributed by atoms with Gasteiger partial charge in [0, 0.05) is 47.8 Å². The lowest BCUT2D eigenvalue weighted by Gasteiger charge is -2.27. The number of ether oxygens (including phenoxy) is 1. The molecule has 94 valence electrons. The van der Waals surface area contributed by atoms with Gasteiger partial charge in [-0.2, -0.15) is 0 Å². The molecule has 1 saturated heterocycles. The highest BCUT2D eigenvalue weighted by Crippen LogP contribution is 1.96. The summed E-state index contributed by atoms with van der Waals surface area (Å²) in [4.78, 5) is 11.1. The summed E-state index contributed by atoms with van der Waals surface area (Å²) in [7, 11) is 8.09. The fourth-order valence-corrected chi connectivity index (χ4v) is 1.80. The van der Waals surface area contributed by atoms with Crippen LogP contribution < -0.4 is 0 Å². The first-order valence-corrected chi connectivity index (χ1v) is 5.80. The molecule has 0 unspecified atom stereocenters. The molecule has 0 bridgehead atoms. The highest BCUT2D eigenvalue weighted by Gasteiger charge is 2.09. The summed E-state index contributed by atoms with van der Waals surface area (Å²) >= 11 is 0. The first-order valence-electron chi connectivity index (χ1n) is 5.80. The van der Waals surface area contributed by atoms with E-state index >= 15 is 0 Å². The third kappa shape index (κ3) is 4.37. The van der Waals surface area contributed by atoms with Gasteiger partial charge in [0.2, 0.25) is 0 Å². The highest BCUT2D eigenvalue weighted by molar-refractivity contribution is 5.79. The van der Waals surface area contributed by atoms with Crippen LogP contribution in [0.4, 0.5) is 0 Å².